The molecule has 0 saturated carbocycles. The molecule has 2 aliphatic heterocycles. The molecule has 170 valence electrons. The minimum Gasteiger partial charge on any atom is -0.481 e. The zero-order valence-electron chi connectivity index (χ0n) is 19.1. The highest BCUT2D eigenvalue weighted by Gasteiger charge is 2.59. The van der Waals surface area contributed by atoms with Gasteiger partial charge in [-0.15, -0.1) is 0 Å². The van der Waals surface area contributed by atoms with Crippen LogP contribution in [0, 0.1) is 0 Å². The summed E-state index contributed by atoms with van der Waals surface area (Å²) in [6.45, 7) is 3.54. The van der Waals surface area contributed by atoms with Crippen molar-refractivity contribution in [3.63, 3.8) is 0 Å². The molecule has 2 aliphatic rings. The lowest BCUT2D eigenvalue weighted by Crippen LogP contribution is -2.42. The van der Waals surface area contributed by atoms with Gasteiger partial charge in [-0.05, 0) is 24.3 Å². The van der Waals surface area contributed by atoms with Crippen LogP contribution in [-0.4, -0.2) is 46.6 Å². The van der Waals surface area contributed by atoms with Crippen molar-refractivity contribution in [1.29, 1.82) is 0 Å². The fraction of sp³-hybridized carbons (Fsp3) is 0.370. The number of aromatic nitrogens is 2. The fourth-order valence-corrected chi connectivity index (χ4v) is 4.80. The van der Waals surface area contributed by atoms with Crippen LogP contribution in [0.1, 0.15) is 49.3 Å². The van der Waals surface area contributed by atoms with Gasteiger partial charge in [0.05, 0.1) is 12.7 Å². The van der Waals surface area contributed by atoms with Gasteiger partial charge in [-0.2, -0.15) is 4.98 Å². The molecule has 5 rings (SSSR count). The van der Waals surface area contributed by atoms with Crippen molar-refractivity contribution in [2.24, 2.45) is 0 Å². The smallest absolute Gasteiger partial charge is 0.223 e. The largest absolute Gasteiger partial charge is 0.481 e. The van der Waals surface area contributed by atoms with Gasteiger partial charge in [0, 0.05) is 31.3 Å². The molecule has 6 heteroatoms. The molecule has 3 aromatic rings. The molecule has 0 radical (unpaired) electrons. The first-order chi connectivity index (χ1) is 16.1. The Morgan fingerprint density at radius 2 is 1.79 bits per heavy atom. The maximum atomic E-state index is 12.9. The predicted octanol–water partition coefficient (Wildman–Crippen LogP) is 4.78. The normalized spacial score (nSPS) is 19.8. The molecule has 1 aromatic heterocycles. The number of nitrogens with zero attached hydrogens (tertiary/aromatic N) is 3. The van der Waals surface area contributed by atoms with Crippen molar-refractivity contribution in [3.05, 3.63) is 78.0 Å². The van der Waals surface area contributed by atoms with E-state index in [0.717, 1.165) is 24.0 Å². The molecule has 2 aromatic carbocycles. The number of carbonyl (C=O) groups excluding carboxylic acids is 1. The van der Waals surface area contributed by atoms with Crippen molar-refractivity contribution in [3.8, 4) is 17.3 Å². The molecular formula is C27H29N3O3. The Bertz CT molecular complexity index is 1110. The van der Waals surface area contributed by atoms with Crippen LogP contribution in [-0.2, 0) is 9.53 Å². The number of hydrogen-bond acceptors (Lipinski definition) is 5. The van der Waals surface area contributed by atoms with Gasteiger partial charge < -0.3 is 14.4 Å². The summed E-state index contributed by atoms with van der Waals surface area (Å²) in [5.41, 5.74) is 2.79. The SMILES string of the molecule is COc1nc(-c2ccccc2)ncc1C1OC12CCN(C(=O)CC(C)c1ccccc1)CC2. The summed E-state index contributed by atoms with van der Waals surface area (Å²) in [5, 5.41) is 0. The highest BCUT2D eigenvalue weighted by Crippen LogP contribution is 2.57. The summed E-state index contributed by atoms with van der Waals surface area (Å²) in [6, 6.07) is 20.1. The van der Waals surface area contributed by atoms with Crippen LogP contribution in [0.2, 0.25) is 0 Å². The lowest BCUT2D eigenvalue weighted by molar-refractivity contribution is -0.133. The number of benzene rings is 2. The molecule has 33 heavy (non-hydrogen) atoms. The van der Waals surface area contributed by atoms with E-state index in [2.05, 4.69) is 29.0 Å². The predicted molar refractivity (Wildman–Crippen MR) is 126 cm³/mol. The van der Waals surface area contributed by atoms with Crippen LogP contribution in [0.25, 0.3) is 11.4 Å². The standard InChI is InChI=1S/C27H29N3O3/c1-19(20-9-5-3-6-10-20)17-23(31)30-15-13-27(14-16-30)24(33-27)22-18-28-25(29-26(22)32-2)21-11-7-4-8-12-21/h3-12,18-19,24H,13-17H2,1-2H3. The molecule has 2 saturated heterocycles. The monoisotopic (exact) mass is 443 g/mol. The van der Waals surface area contributed by atoms with E-state index in [1.165, 1.54) is 5.56 Å². The van der Waals surface area contributed by atoms with Gasteiger partial charge in [0.1, 0.15) is 11.7 Å². The molecule has 0 aliphatic carbocycles. The molecular weight excluding hydrogens is 414 g/mol. The zero-order valence-corrected chi connectivity index (χ0v) is 19.1. The van der Waals surface area contributed by atoms with Crippen LogP contribution in [0.3, 0.4) is 0 Å². The molecule has 3 heterocycles. The first-order valence-electron chi connectivity index (χ1n) is 11.6. The van der Waals surface area contributed by atoms with E-state index in [9.17, 15) is 4.79 Å². The van der Waals surface area contributed by atoms with Gasteiger partial charge in [0.15, 0.2) is 5.82 Å². The fourth-order valence-electron chi connectivity index (χ4n) is 4.80. The number of rotatable bonds is 6. The van der Waals surface area contributed by atoms with Crippen molar-refractivity contribution in [2.45, 2.75) is 43.8 Å². The molecule has 2 unspecified atom stereocenters. The quantitative estimate of drug-likeness (QED) is 0.513. The van der Waals surface area contributed by atoms with E-state index < -0.39 is 0 Å². The number of methoxy groups -OCH3 is 1. The zero-order chi connectivity index (χ0) is 22.8. The average molecular weight is 444 g/mol. The van der Waals surface area contributed by atoms with Crippen LogP contribution in [0.4, 0.5) is 0 Å². The van der Waals surface area contributed by atoms with Gasteiger partial charge in [-0.1, -0.05) is 67.6 Å². The minimum atomic E-state index is -0.243. The number of epoxide rings is 1. The number of ether oxygens (including phenoxy) is 2. The molecule has 1 spiro atoms. The average Bonchev–Trinajstić information content (AvgIpc) is 3.57. The van der Waals surface area contributed by atoms with Crippen molar-refractivity contribution >= 4 is 5.91 Å². The maximum Gasteiger partial charge on any atom is 0.223 e. The summed E-state index contributed by atoms with van der Waals surface area (Å²) >= 11 is 0. The summed E-state index contributed by atoms with van der Waals surface area (Å²) in [7, 11) is 1.63. The van der Waals surface area contributed by atoms with E-state index in [4.69, 9.17) is 9.47 Å². The second-order valence-electron chi connectivity index (χ2n) is 8.98. The van der Waals surface area contributed by atoms with E-state index >= 15 is 0 Å². The Morgan fingerprint density at radius 1 is 1.12 bits per heavy atom. The van der Waals surface area contributed by atoms with Gasteiger partial charge >= 0.3 is 0 Å². The summed E-state index contributed by atoms with van der Waals surface area (Å²) in [6.07, 6.45) is 3.90. The third-order valence-corrected chi connectivity index (χ3v) is 6.87. The third-order valence-electron chi connectivity index (χ3n) is 6.87. The minimum absolute atomic E-state index is 0.0854. The van der Waals surface area contributed by atoms with Crippen LogP contribution < -0.4 is 4.74 Å². The maximum absolute atomic E-state index is 12.9. The van der Waals surface area contributed by atoms with E-state index in [1.54, 1.807) is 7.11 Å². The number of piperidine rings is 1. The van der Waals surface area contributed by atoms with Gasteiger partial charge in [-0.3, -0.25) is 4.79 Å². The highest BCUT2D eigenvalue weighted by molar-refractivity contribution is 5.77. The van der Waals surface area contributed by atoms with Crippen molar-refractivity contribution in [1.82, 2.24) is 14.9 Å². The van der Waals surface area contributed by atoms with Crippen molar-refractivity contribution < 1.29 is 14.3 Å². The Labute approximate surface area is 194 Å². The van der Waals surface area contributed by atoms with Crippen LogP contribution in [0.15, 0.2) is 66.9 Å². The molecule has 0 N–H and O–H groups in total. The van der Waals surface area contributed by atoms with Gasteiger partial charge in [0.2, 0.25) is 11.8 Å². The second-order valence-corrected chi connectivity index (χ2v) is 8.98. The van der Waals surface area contributed by atoms with Crippen LogP contribution in [0.5, 0.6) is 5.88 Å². The number of carbonyl (C=O) groups is 1. The topological polar surface area (TPSA) is 67.9 Å². The summed E-state index contributed by atoms with van der Waals surface area (Å²) < 4.78 is 11.8. The number of hydrogen-bond donors (Lipinski definition) is 0. The Hall–Kier alpha value is -3.25. The number of amides is 1. The first kappa shape index (κ1) is 21.6. The Balaban J connectivity index is 1.22. The second kappa shape index (κ2) is 8.94. The van der Waals surface area contributed by atoms with E-state index in [-0.39, 0.29) is 23.5 Å². The molecule has 2 fully saturated rings. The van der Waals surface area contributed by atoms with Crippen LogP contribution >= 0.6 is 0 Å². The molecule has 6 nitrogen and oxygen atoms in total. The molecule has 2 atom stereocenters. The van der Waals surface area contributed by atoms with E-state index in [0.29, 0.717) is 31.2 Å². The Kier molecular flexibility index (Phi) is 5.85. The third kappa shape index (κ3) is 4.35. The lowest BCUT2D eigenvalue weighted by atomic mass is 9.89. The highest BCUT2D eigenvalue weighted by atomic mass is 16.6. The molecule has 1 amide bonds. The number of likely N-dealkylation sites (tertiary alicyclic amines) is 1. The lowest BCUT2D eigenvalue weighted by Gasteiger charge is -2.31. The first-order valence-corrected chi connectivity index (χ1v) is 11.6. The van der Waals surface area contributed by atoms with Gasteiger partial charge in [-0.25, -0.2) is 4.98 Å². The summed E-state index contributed by atoms with van der Waals surface area (Å²) in [5.74, 6) is 1.62. The van der Waals surface area contributed by atoms with Gasteiger partial charge in [0.25, 0.3) is 0 Å². The van der Waals surface area contributed by atoms with E-state index in [1.807, 2.05) is 59.6 Å². The molecule has 0 bridgehead atoms. The van der Waals surface area contributed by atoms with Crippen molar-refractivity contribution in [2.75, 3.05) is 20.2 Å². The summed E-state index contributed by atoms with van der Waals surface area (Å²) in [4.78, 5) is 24.1. The Morgan fingerprint density at radius 3 is 2.45 bits per heavy atom.